The summed E-state index contributed by atoms with van der Waals surface area (Å²) in [6.07, 6.45) is 0.366. The molecule has 136 valence electrons. The van der Waals surface area contributed by atoms with Gasteiger partial charge >= 0.3 is 6.03 Å². The van der Waals surface area contributed by atoms with E-state index < -0.39 is 17.4 Å². The fourth-order valence-corrected chi connectivity index (χ4v) is 3.34. The Morgan fingerprint density at radius 2 is 1.85 bits per heavy atom. The molecule has 1 atom stereocenters. The molecule has 3 rings (SSSR count). The number of carbonyl (C=O) groups excluding carboxylic acids is 2. The molecule has 1 aliphatic rings. The van der Waals surface area contributed by atoms with E-state index in [1.807, 2.05) is 32.0 Å². The van der Waals surface area contributed by atoms with Gasteiger partial charge in [0.2, 0.25) is 0 Å². The predicted molar refractivity (Wildman–Crippen MR) is 95.2 cm³/mol. The van der Waals surface area contributed by atoms with E-state index in [1.54, 1.807) is 7.11 Å². The number of nitrogens with zero attached hydrogens (tertiary/aromatic N) is 1. The molecule has 3 amide bonds. The molecule has 2 aromatic carbocycles. The number of benzene rings is 2. The molecule has 1 N–H and O–H groups in total. The van der Waals surface area contributed by atoms with E-state index in [4.69, 9.17) is 4.74 Å². The molecule has 5 nitrogen and oxygen atoms in total. The molecule has 2 aromatic rings. The third kappa shape index (κ3) is 2.92. The lowest BCUT2D eigenvalue weighted by molar-refractivity contribution is -0.132. The Morgan fingerprint density at radius 1 is 1.15 bits per heavy atom. The Morgan fingerprint density at radius 3 is 2.46 bits per heavy atom. The van der Waals surface area contributed by atoms with E-state index in [0.717, 1.165) is 11.1 Å². The van der Waals surface area contributed by atoms with Gasteiger partial charge in [0.1, 0.15) is 17.1 Å². The maximum atomic E-state index is 13.3. The van der Waals surface area contributed by atoms with Gasteiger partial charge < -0.3 is 10.1 Å². The van der Waals surface area contributed by atoms with Crippen molar-refractivity contribution in [1.82, 2.24) is 10.2 Å². The zero-order valence-electron chi connectivity index (χ0n) is 15.0. The van der Waals surface area contributed by atoms with Gasteiger partial charge in [0, 0.05) is 5.56 Å². The minimum absolute atomic E-state index is 0.110. The zero-order valence-corrected chi connectivity index (χ0v) is 15.0. The molecule has 1 heterocycles. The average Bonchev–Trinajstić information content (AvgIpc) is 2.87. The highest BCUT2D eigenvalue weighted by molar-refractivity contribution is 6.07. The molecule has 0 aliphatic carbocycles. The first-order valence-electron chi connectivity index (χ1n) is 8.45. The third-order valence-electron chi connectivity index (χ3n) is 4.81. The number of halogens is 1. The zero-order chi connectivity index (χ0) is 18.9. The molecule has 0 aromatic heterocycles. The minimum atomic E-state index is -1.18. The van der Waals surface area contributed by atoms with Crippen LogP contribution in [0.25, 0.3) is 0 Å². The van der Waals surface area contributed by atoms with Crippen LogP contribution in [0.5, 0.6) is 5.75 Å². The lowest BCUT2D eigenvalue weighted by atomic mass is 9.87. The second-order valence-corrected chi connectivity index (χ2v) is 6.40. The van der Waals surface area contributed by atoms with Gasteiger partial charge in [0.05, 0.1) is 13.7 Å². The summed E-state index contributed by atoms with van der Waals surface area (Å²) in [5.74, 6) is -0.120. The number of aryl methyl sites for hydroxylation is 1. The number of urea groups is 1. The fourth-order valence-electron chi connectivity index (χ4n) is 3.34. The average molecular weight is 356 g/mol. The van der Waals surface area contributed by atoms with Crippen LogP contribution in [0.2, 0.25) is 0 Å². The van der Waals surface area contributed by atoms with Gasteiger partial charge in [-0.2, -0.15) is 0 Å². The Labute approximate surface area is 151 Å². The fraction of sp³-hybridized carbons (Fsp3) is 0.300. The Kier molecular flexibility index (Phi) is 4.68. The standard InChI is InChI=1S/C20H21FN2O3/c1-4-20(15-6-8-16(21)9-7-15)18(24)23(19(25)22-20)12-14-11-13(2)5-10-17(14)26-3/h5-11H,4,12H2,1-3H3,(H,22,25)/t20-/m0/s1. The van der Waals surface area contributed by atoms with E-state index in [9.17, 15) is 14.0 Å². The van der Waals surface area contributed by atoms with E-state index in [0.29, 0.717) is 17.7 Å². The molecule has 0 saturated carbocycles. The number of ether oxygens (including phenoxy) is 1. The van der Waals surface area contributed by atoms with Crippen LogP contribution in [0.3, 0.4) is 0 Å². The lowest BCUT2D eigenvalue weighted by Gasteiger charge is -2.26. The Balaban J connectivity index is 1.96. The number of amides is 3. The van der Waals surface area contributed by atoms with Crippen molar-refractivity contribution < 1.29 is 18.7 Å². The van der Waals surface area contributed by atoms with Crippen LogP contribution in [0.15, 0.2) is 42.5 Å². The van der Waals surface area contributed by atoms with Crippen molar-refractivity contribution in [1.29, 1.82) is 0 Å². The highest BCUT2D eigenvalue weighted by Gasteiger charge is 2.51. The second kappa shape index (κ2) is 6.78. The highest BCUT2D eigenvalue weighted by atomic mass is 19.1. The summed E-state index contributed by atoms with van der Waals surface area (Å²) in [5.41, 5.74) is 1.15. The number of rotatable bonds is 5. The molecule has 0 radical (unpaired) electrons. The molecule has 1 saturated heterocycles. The van der Waals surface area contributed by atoms with Crippen molar-refractivity contribution in [3.63, 3.8) is 0 Å². The van der Waals surface area contributed by atoms with Crippen molar-refractivity contribution in [3.8, 4) is 5.75 Å². The van der Waals surface area contributed by atoms with E-state index >= 15 is 0 Å². The van der Waals surface area contributed by atoms with Gasteiger partial charge in [0.25, 0.3) is 5.91 Å². The molecular weight excluding hydrogens is 335 g/mol. The molecule has 6 heteroatoms. The number of imide groups is 1. The van der Waals surface area contributed by atoms with Crippen LogP contribution in [0, 0.1) is 12.7 Å². The summed E-state index contributed by atoms with van der Waals surface area (Å²) in [5, 5.41) is 2.80. The van der Waals surface area contributed by atoms with Gasteiger partial charge in [-0.25, -0.2) is 9.18 Å². The summed E-state index contributed by atoms with van der Waals surface area (Å²) < 4.78 is 18.6. The molecule has 1 aliphatic heterocycles. The Hall–Kier alpha value is -2.89. The summed E-state index contributed by atoms with van der Waals surface area (Å²) in [6.45, 7) is 3.86. The summed E-state index contributed by atoms with van der Waals surface area (Å²) in [7, 11) is 1.55. The monoisotopic (exact) mass is 356 g/mol. The quantitative estimate of drug-likeness (QED) is 0.834. The molecule has 26 heavy (non-hydrogen) atoms. The van der Waals surface area contributed by atoms with Crippen molar-refractivity contribution in [2.75, 3.05) is 7.11 Å². The number of carbonyl (C=O) groups is 2. The number of methoxy groups -OCH3 is 1. The van der Waals surface area contributed by atoms with E-state index in [-0.39, 0.29) is 12.5 Å². The van der Waals surface area contributed by atoms with Gasteiger partial charge in [-0.15, -0.1) is 0 Å². The first-order chi connectivity index (χ1) is 12.4. The molecule has 0 unspecified atom stereocenters. The van der Waals surface area contributed by atoms with Crippen molar-refractivity contribution in [2.24, 2.45) is 0 Å². The van der Waals surface area contributed by atoms with Crippen LogP contribution < -0.4 is 10.1 Å². The van der Waals surface area contributed by atoms with Gasteiger partial charge in [-0.1, -0.05) is 36.8 Å². The summed E-state index contributed by atoms with van der Waals surface area (Å²) >= 11 is 0. The highest BCUT2D eigenvalue weighted by Crippen LogP contribution is 2.34. The number of hydrogen-bond donors (Lipinski definition) is 1. The van der Waals surface area contributed by atoms with Crippen LogP contribution >= 0.6 is 0 Å². The maximum absolute atomic E-state index is 13.3. The molecule has 0 spiro atoms. The predicted octanol–water partition coefficient (Wildman–Crippen LogP) is 3.50. The number of nitrogens with one attached hydrogen (secondary N) is 1. The second-order valence-electron chi connectivity index (χ2n) is 6.40. The molecule has 1 fully saturated rings. The molecule has 0 bridgehead atoms. The summed E-state index contributed by atoms with van der Waals surface area (Å²) in [6, 6.07) is 10.8. The SMILES string of the molecule is CC[C@@]1(c2ccc(F)cc2)NC(=O)N(Cc2cc(C)ccc2OC)C1=O. The van der Waals surface area contributed by atoms with Gasteiger partial charge in [0.15, 0.2) is 0 Å². The van der Waals surface area contributed by atoms with Crippen LogP contribution in [-0.2, 0) is 16.9 Å². The first kappa shape index (κ1) is 17.9. The van der Waals surface area contributed by atoms with Crippen molar-refractivity contribution in [3.05, 3.63) is 65.0 Å². The summed E-state index contributed by atoms with van der Waals surface area (Å²) in [4.78, 5) is 26.9. The Bertz CT molecular complexity index is 851. The first-order valence-corrected chi connectivity index (χ1v) is 8.45. The van der Waals surface area contributed by atoms with Gasteiger partial charge in [-0.05, 0) is 37.1 Å². The van der Waals surface area contributed by atoms with Crippen molar-refractivity contribution in [2.45, 2.75) is 32.4 Å². The van der Waals surface area contributed by atoms with Crippen LogP contribution in [0.4, 0.5) is 9.18 Å². The van der Waals surface area contributed by atoms with E-state index in [1.165, 1.54) is 29.2 Å². The third-order valence-corrected chi connectivity index (χ3v) is 4.81. The maximum Gasteiger partial charge on any atom is 0.325 e. The lowest BCUT2D eigenvalue weighted by Crippen LogP contribution is -2.43. The van der Waals surface area contributed by atoms with Crippen LogP contribution in [0.1, 0.15) is 30.0 Å². The molecular formula is C20H21FN2O3. The topological polar surface area (TPSA) is 58.6 Å². The van der Waals surface area contributed by atoms with E-state index in [2.05, 4.69) is 5.32 Å². The smallest absolute Gasteiger partial charge is 0.325 e. The minimum Gasteiger partial charge on any atom is -0.496 e. The normalized spacial score (nSPS) is 19.6. The van der Waals surface area contributed by atoms with Crippen LogP contribution in [-0.4, -0.2) is 23.9 Å². The largest absolute Gasteiger partial charge is 0.496 e. The van der Waals surface area contributed by atoms with Gasteiger partial charge in [-0.3, -0.25) is 9.69 Å². The van der Waals surface area contributed by atoms with Crippen molar-refractivity contribution >= 4 is 11.9 Å². The number of hydrogen-bond acceptors (Lipinski definition) is 3.